The molecule has 10 N–H and O–H groups in total. The molecule has 13 nitrogen and oxygen atoms in total. The number of rotatable bonds is 10. The van der Waals surface area contributed by atoms with Gasteiger partial charge in [0.15, 0.2) is 18.7 Å². The van der Waals surface area contributed by atoms with Crippen molar-refractivity contribution in [1.29, 1.82) is 0 Å². The molecule has 0 radical (unpaired) electrons. The Morgan fingerprint density at radius 1 is 0.720 bits per heavy atom. The van der Waals surface area contributed by atoms with Crippen molar-refractivity contribution >= 4 is 18.5 Å². The van der Waals surface area contributed by atoms with Gasteiger partial charge in [-0.05, 0) is 0 Å². The van der Waals surface area contributed by atoms with Gasteiger partial charge in [-0.2, -0.15) is 0 Å². The minimum absolute atomic E-state index is 0.0258. The summed E-state index contributed by atoms with van der Waals surface area (Å²) in [6.45, 7) is -0.760. The Kier molecular flexibility index (Phi) is 13.1. The van der Waals surface area contributed by atoms with Gasteiger partial charge in [-0.25, -0.2) is 4.79 Å². The second-order valence-electron chi connectivity index (χ2n) is 4.75. The van der Waals surface area contributed by atoms with Gasteiger partial charge in [0.05, 0.1) is 6.61 Å². The molecule has 0 aromatic rings. The molecule has 0 aliphatic carbocycles. The van der Waals surface area contributed by atoms with Crippen LogP contribution in [0, 0.1) is 0 Å². The molecule has 0 aliphatic heterocycles. The number of carboxylic acid groups (broad SMARTS) is 1. The van der Waals surface area contributed by atoms with Crippen LogP contribution in [0.4, 0.5) is 0 Å². The number of aliphatic carboxylic acids is 1. The second kappa shape index (κ2) is 12.8. The monoisotopic (exact) mass is 374 g/mol. The molecule has 0 bridgehead atoms. The Morgan fingerprint density at radius 3 is 1.36 bits per heavy atom. The number of carbonyl (C=O) groups is 3. The van der Waals surface area contributed by atoms with E-state index in [1.807, 2.05) is 0 Å². The van der Waals surface area contributed by atoms with Gasteiger partial charge in [-0.3, -0.25) is 0 Å². The van der Waals surface area contributed by atoms with Crippen molar-refractivity contribution in [2.45, 2.75) is 48.8 Å². The van der Waals surface area contributed by atoms with Crippen molar-refractivity contribution in [2.75, 3.05) is 6.61 Å². The summed E-state index contributed by atoms with van der Waals surface area (Å²) in [5.41, 5.74) is 0. The second-order valence-corrected chi connectivity index (χ2v) is 4.75. The molecule has 0 aromatic carbocycles. The standard InChI is InChI=1S/C6H10O7.C6H12O6/c7-1-2(8)3(9)4(10)5(11)6(12)13;7-1-3(9)5(11)6(12)4(10)2-8/h1-5,8-11H,(H,12,13);1,3-6,8-12H,2H2/t2-,3+,4-,5-;3-,4+,5+,6+/m00/s1. The molecule has 0 spiro atoms. The normalized spacial score (nSPS) is 20.5. The van der Waals surface area contributed by atoms with E-state index in [0.717, 1.165) is 0 Å². The van der Waals surface area contributed by atoms with Crippen LogP contribution in [-0.2, 0) is 14.4 Å². The van der Waals surface area contributed by atoms with E-state index in [1.165, 1.54) is 0 Å². The molecule has 0 amide bonds. The lowest BCUT2D eigenvalue weighted by atomic mass is 10.0. The number of aldehydes is 2. The average molecular weight is 374 g/mol. The maximum absolute atomic E-state index is 10.1. The number of carbonyl (C=O) groups excluding carboxylic acids is 2. The molecule has 25 heavy (non-hydrogen) atoms. The number of aliphatic hydroxyl groups excluding tert-OH is 9. The lowest BCUT2D eigenvalue weighted by Gasteiger charge is -2.22. The first-order valence-electron chi connectivity index (χ1n) is 6.64. The van der Waals surface area contributed by atoms with Gasteiger partial charge in [-0.1, -0.05) is 0 Å². The van der Waals surface area contributed by atoms with E-state index in [4.69, 9.17) is 51.1 Å². The van der Waals surface area contributed by atoms with Crippen LogP contribution in [0.25, 0.3) is 0 Å². The van der Waals surface area contributed by atoms with E-state index in [2.05, 4.69) is 0 Å². The summed E-state index contributed by atoms with van der Waals surface area (Å²) in [5.74, 6) is -1.76. The molecule has 0 fully saturated rings. The van der Waals surface area contributed by atoms with Crippen LogP contribution >= 0.6 is 0 Å². The third-order valence-electron chi connectivity index (χ3n) is 2.84. The van der Waals surface area contributed by atoms with E-state index < -0.39 is 61.4 Å². The Labute approximate surface area is 140 Å². The summed E-state index contributed by atoms with van der Waals surface area (Å²) in [6.07, 6.45) is -15.2. The summed E-state index contributed by atoms with van der Waals surface area (Å²) in [7, 11) is 0. The molecular formula is C12H22O13. The average Bonchev–Trinajstić information content (AvgIpc) is 2.62. The van der Waals surface area contributed by atoms with E-state index in [0.29, 0.717) is 0 Å². The van der Waals surface area contributed by atoms with Crippen LogP contribution in [0.2, 0.25) is 0 Å². The van der Waals surface area contributed by atoms with Gasteiger partial charge in [0.25, 0.3) is 0 Å². The third kappa shape index (κ3) is 8.92. The minimum Gasteiger partial charge on any atom is -0.479 e. The van der Waals surface area contributed by atoms with Crippen LogP contribution in [0.5, 0.6) is 0 Å². The molecule has 13 heteroatoms. The smallest absolute Gasteiger partial charge is 0.335 e. The van der Waals surface area contributed by atoms with Crippen LogP contribution in [0.15, 0.2) is 0 Å². The highest BCUT2D eigenvalue weighted by atomic mass is 16.4. The van der Waals surface area contributed by atoms with E-state index in [-0.39, 0.29) is 12.6 Å². The minimum atomic E-state index is -2.25. The largest absolute Gasteiger partial charge is 0.479 e. The molecule has 0 rings (SSSR count). The molecule has 0 heterocycles. The topological polar surface area (TPSA) is 254 Å². The quantitative estimate of drug-likeness (QED) is 0.160. The van der Waals surface area contributed by atoms with Gasteiger partial charge in [-0.15, -0.1) is 0 Å². The molecule has 0 unspecified atom stereocenters. The zero-order valence-electron chi connectivity index (χ0n) is 12.7. The Morgan fingerprint density at radius 2 is 1.08 bits per heavy atom. The summed E-state index contributed by atoms with van der Waals surface area (Å²) < 4.78 is 0. The summed E-state index contributed by atoms with van der Waals surface area (Å²) >= 11 is 0. The molecule has 0 aromatic heterocycles. The fourth-order valence-corrected chi connectivity index (χ4v) is 1.23. The van der Waals surface area contributed by atoms with Crippen LogP contribution < -0.4 is 0 Å². The van der Waals surface area contributed by atoms with Crippen LogP contribution in [-0.4, -0.2) is 125 Å². The molecule has 0 saturated carbocycles. The summed E-state index contributed by atoms with van der Waals surface area (Å²) in [5, 5.41) is 86.7. The fraction of sp³-hybridized carbons (Fsp3) is 0.750. The van der Waals surface area contributed by atoms with Gasteiger partial charge in [0, 0.05) is 0 Å². The first-order valence-corrected chi connectivity index (χ1v) is 6.64. The SMILES string of the molecule is O=C[C@H](O)[C@@H](O)[C@H](O)[C@H](O)C(=O)O.O=C[C@H](O)[C@@H](O)[C@H](O)[C@H](O)CO. The van der Waals surface area contributed by atoms with Crippen molar-refractivity contribution in [3.63, 3.8) is 0 Å². The van der Waals surface area contributed by atoms with Crippen molar-refractivity contribution in [3.05, 3.63) is 0 Å². The van der Waals surface area contributed by atoms with Gasteiger partial charge in [0.1, 0.15) is 42.7 Å². The lowest BCUT2D eigenvalue weighted by molar-refractivity contribution is -0.163. The molecule has 0 aliphatic rings. The maximum Gasteiger partial charge on any atom is 0.335 e. The fourth-order valence-electron chi connectivity index (χ4n) is 1.23. The summed E-state index contributed by atoms with van der Waals surface area (Å²) in [6, 6.07) is 0. The highest BCUT2D eigenvalue weighted by molar-refractivity contribution is 5.73. The van der Waals surface area contributed by atoms with E-state index in [1.54, 1.807) is 0 Å². The highest BCUT2D eigenvalue weighted by Gasteiger charge is 2.34. The lowest BCUT2D eigenvalue weighted by Crippen LogP contribution is -2.48. The van der Waals surface area contributed by atoms with Gasteiger partial charge < -0.3 is 60.7 Å². The molecule has 8 atom stereocenters. The Bertz CT molecular complexity index is 402. The molecule has 148 valence electrons. The van der Waals surface area contributed by atoms with Gasteiger partial charge in [0.2, 0.25) is 0 Å². The number of carboxylic acids is 1. The molecule has 0 saturated heterocycles. The van der Waals surface area contributed by atoms with Crippen molar-refractivity contribution in [3.8, 4) is 0 Å². The number of hydrogen-bond donors (Lipinski definition) is 10. The van der Waals surface area contributed by atoms with Crippen molar-refractivity contribution in [1.82, 2.24) is 0 Å². The first kappa shape index (κ1) is 25.7. The molecular weight excluding hydrogens is 352 g/mol. The van der Waals surface area contributed by atoms with Crippen LogP contribution in [0.1, 0.15) is 0 Å². The maximum atomic E-state index is 10.1. The zero-order valence-corrected chi connectivity index (χ0v) is 12.7. The van der Waals surface area contributed by atoms with E-state index in [9.17, 15) is 14.4 Å². The number of aliphatic hydroxyl groups is 9. The van der Waals surface area contributed by atoms with Crippen LogP contribution in [0.3, 0.4) is 0 Å². The zero-order chi connectivity index (χ0) is 20.3. The van der Waals surface area contributed by atoms with Crippen molar-refractivity contribution < 1.29 is 65.4 Å². The van der Waals surface area contributed by atoms with Gasteiger partial charge >= 0.3 is 5.97 Å². The first-order chi connectivity index (χ1) is 11.5. The van der Waals surface area contributed by atoms with E-state index >= 15 is 0 Å². The van der Waals surface area contributed by atoms with Crippen molar-refractivity contribution in [2.24, 2.45) is 0 Å². The predicted octanol–water partition coefficient (Wildman–Crippen LogP) is -6.67. The Hall–Kier alpha value is -1.55. The highest BCUT2D eigenvalue weighted by Crippen LogP contribution is 2.04. The number of hydrogen-bond acceptors (Lipinski definition) is 12. The summed E-state index contributed by atoms with van der Waals surface area (Å²) in [4.78, 5) is 29.9. The third-order valence-corrected chi connectivity index (χ3v) is 2.84. The predicted molar refractivity (Wildman–Crippen MR) is 74.9 cm³/mol. The Balaban J connectivity index is 0.